The maximum absolute atomic E-state index is 13.9. The van der Waals surface area contributed by atoms with Gasteiger partial charge in [-0.3, -0.25) is 0 Å². The van der Waals surface area contributed by atoms with Crippen molar-refractivity contribution in [3.05, 3.63) is 64.2 Å². The number of thioether (sulfide) groups is 1. The van der Waals surface area contributed by atoms with Crippen molar-refractivity contribution in [2.75, 3.05) is 6.54 Å². The van der Waals surface area contributed by atoms with E-state index in [2.05, 4.69) is 0 Å². The Morgan fingerprint density at radius 2 is 1.60 bits per heavy atom. The lowest BCUT2D eigenvalue weighted by atomic mass is 10.1. The fourth-order valence-corrected chi connectivity index (χ4v) is 2.82. The highest BCUT2D eigenvalue weighted by atomic mass is 35.5. The van der Waals surface area contributed by atoms with E-state index in [-0.39, 0.29) is 4.90 Å². The molecule has 2 rings (SSSR count). The molecule has 1 nitrogen and oxygen atoms in total. The van der Waals surface area contributed by atoms with Crippen LogP contribution in [-0.2, 0) is 12.2 Å². The molecule has 2 aromatic rings. The van der Waals surface area contributed by atoms with E-state index in [1.54, 1.807) is 12.1 Å². The molecule has 2 aromatic carbocycles. The largest absolute Gasteiger partial charge is 0.330 e. The number of hydrogen-bond donors (Lipinski definition) is 1. The summed E-state index contributed by atoms with van der Waals surface area (Å²) in [7, 11) is 0. The van der Waals surface area contributed by atoms with Crippen molar-refractivity contribution in [1.29, 1.82) is 0 Å². The third-order valence-electron chi connectivity index (χ3n) is 2.79. The first-order valence-corrected chi connectivity index (χ1v) is 7.51. The molecule has 0 saturated carbocycles. The smallest absolute Gasteiger partial charge is 0.140 e. The Morgan fingerprint density at radius 1 is 1.00 bits per heavy atom. The maximum atomic E-state index is 13.9. The quantitative estimate of drug-likeness (QED) is 0.827. The van der Waals surface area contributed by atoms with Gasteiger partial charge in [0.15, 0.2) is 0 Å². The molecule has 0 aliphatic rings. The first-order chi connectivity index (χ1) is 9.60. The summed E-state index contributed by atoms with van der Waals surface area (Å²) < 4.78 is 27.8. The molecule has 0 aliphatic heterocycles. The number of halogens is 3. The van der Waals surface area contributed by atoms with Gasteiger partial charge in [-0.25, -0.2) is 8.78 Å². The van der Waals surface area contributed by atoms with Crippen LogP contribution in [0.25, 0.3) is 0 Å². The molecule has 106 valence electrons. The Bertz CT molecular complexity index is 564. The molecule has 20 heavy (non-hydrogen) atoms. The molecule has 2 N–H and O–H groups in total. The molecule has 0 bridgehead atoms. The summed E-state index contributed by atoms with van der Waals surface area (Å²) in [6.45, 7) is 0.371. The Labute approximate surface area is 126 Å². The molecule has 0 aliphatic carbocycles. The zero-order valence-electron chi connectivity index (χ0n) is 10.7. The van der Waals surface area contributed by atoms with Crippen LogP contribution in [0.3, 0.4) is 0 Å². The van der Waals surface area contributed by atoms with E-state index in [1.165, 1.54) is 12.1 Å². The van der Waals surface area contributed by atoms with E-state index in [9.17, 15) is 8.78 Å². The van der Waals surface area contributed by atoms with Crippen molar-refractivity contribution in [2.45, 2.75) is 17.1 Å². The Morgan fingerprint density at radius 3 is 2.15 bits per heavy atom. The fraction of sp³-hybridized carbons (Fsp3) is 0.200. The normalized spacial score (nSPS) is 10.8. The second kappa shape index (κ2) is 7.07. The molecular formula is C15H14ClF2NS. The molecule has 0 amide bonds. The van der Waals surface area contributed by atoms with Crippen LogP contribution < -0.4 is 5.73 Å². The van der Waals surface area contributed by atoms with Crippen LogP contribution >= 0.6 is 23.4 Å². The van der Waals surface area contributed by atoms with Gasteiger partial charge in [-0.1, -0.05) is 23.7 Å². The zero-order valence-corrected chi connectivity index (χ0v) is 12.3. The van der Waals surface area contributed by atoms with Crippen LogP contribution in [0.5, 0.6) is 0 Å². The average molecular weight is 314 g/mol. The van der Waals surface area contributed by atoms with Crippen LogP contribution in [0.15, 0.2) is 41.3 Å². The molecule has 5 heteroatoms. The lowest BCUT2D eigenvalue weighted by Crippen LogP contribution is -2.04. The van der Waals surface area contributed by atoms with Gasteiger partial charge in [0.25, 0.3) is 0 Å². The van der Waals surface area contributed by atoms with Gasteiger partial charge in [0.2, 0.25) is 0 Å². The van der Waals surface area contributed by atoms with Crippen molar-refractivity contribution in [1.82, 2.24) is 0 Å². The van der Waals surface area contributed by atoms with Crippen molar-refractivity contribution in [3.63, 3.8) is 0 Å². The van der Waals surface area contributed by atoms with Gasteiger partial charge in [-0.15, -0.1) is 11.8 Å². The van der Waals surface area contributed by atoms with E-state index in [0.29, 0.717) is 29.3 Å². The van der Waals surface area contributed by atoms with Crippen LogP contribution in [0, 0.1) is 11.6 Å². The summed E-state index contributed by atoms with van der Waals surface area (Å²) in [5.41, 5.74) is 6.93. The summed E-state index contributed by atoms with van der Waals surface area (Å²) >= 11 is 6.92. The van der Waals surface area contributed by atoms with Gasteiger partial charge in [0, 0.05) is 10.8 Å². The van der Waals surface area contributed by atoms with E-state index in [0.717, 1.165) is 17.3 Å². The van der Waals surface area contributed by atoms with Crippen LogP contribution in [0.1, 0.15) is 11.1 Å². The van der Waals surface area contributed by atoms with Gasteiger partial charge in [-0.05, 0) is 48.4 Å². The Balaban J connectivity index is 2.11. The van der Waals surface area contributed by atoms with Crippen molar-refractivity contribution < 1.29 is 8.78 Å². The first kappa shape index (κ1) is 15.3. The molecule has 0 heterocycles. The summed E-state index contributed by atoms with van der Waals surface area (Å²) in [4.78, 5) is 0.0423. The molecule has 0 spiro atoms. The number of hydrogen-bond acceptors (Lipinski definition) is 2. The zero-order chi connectivity index (χ0) is 14.5. The van der Waals surface area contributed by atoms with Gasteiger partial charge < -0.3 is 5.73 Å². The molecular weight excluding hydrogens is 300 g/mol. The standard InChI is InChI=1S/C15H14ClF2NS/c16-12-3-1-10(2-4-12)9-20-15-13(17)7-11(5-6-19)8-14(15)18/h1-4,7-8H,5-6,9,19H2. The molecule has 0 radical (unpaired) electrons. The Kier molecular flexibility index (Phi) is 5.40. The topological polar surface area (TPSA) is 26.0 Å². The van der Waals surface area contributed by atoms with E-state index in [4.69, 9.17) is 17.3 Å². The minimum absolute atomic E-state index is 0.0423. The predicted molar refractivity (Wildman–Crippen MR) is 80.1 cm³/mol. The van der Waals surface area contributed by atoms with E-state index >= 15 is 0 Å². The highest BCUT2D eigenvalue weighted by molar-refractivity contribution is 7.98. The second-order valence-electron chi connectivity index (χ2n) is 4.34. The lowest BCUT2D eigenvalue weighted by molar-refractivity contribution is 0.537. The monoisotopic (exact) mass is 313 g/mol. The van der Waals surface area contributed by atoms with Gasteiger partial charge in [0.1, 0.15) is 11.6 Å². The van der Waals surface area contributed by atoms with E-state index < -0.39 is 11.6 Å². The van der Waals surface area contributed by atoms with Gasteiger partial charge in [0.05, 0.1) is 4.90 Å². The van der Waals surface area contributed by atoms with Crippen LogP contribution in [-0.4, -0.2) is 6.54 Å². The molecule has 0 fully saturated rings. The molecule has 0 saturated heterocycles. The lowest BCUT2D eigenvalue weighted by Gasteiger charge is -2.08. The van der Waals surface area contributed by atoms with Gasteiger partial charge in [-0.2, -0.15) is 0 Å². The minimum atomic E-state index is -0.535. The molecule has 0 atom stereocenters. The third-order valence-corrected chi connectivity index (χ3v) is 4.20. The predicted octanol–water partition coefficient (Wildman–Crippen LogP) is 4.41. The third kappa shape index (κ3) is 3.95. The summed E-state index contributed by atoms with van der Waals surface area (Å²) in [5.74, 6) is -0.582. The number of benzene rings is 2. The molecule has 0 unspecified atom stereocenters. The Hall–Kier alpha value is -1.10. The highest BCUT2D eigenvalue weighted by Crippen LogP contribution is 2.29. The first-order valence-electron chi connectivity index (χ1n) is 6.15. The summed E-state index contributed by atoms with van der Waals surface area (Å²) in [6, 6.07) is 9.89. The fourth-order valence-electron chi connectivity index (χ4n) is 1.80. The van der Waals surface area contributed by atoms with Crippen molar-refractivity contribution >= 4 is 23.4 Å². The highest BCUT2D eigenvalue weighted by Gasteiger charge is 2.12. The van der Waals surface area contributed by atoms with Crippen LogP contribution in [0.4, 0.5) is 8.78 Å². The van der Waals surface area contributed by atoms with E-state index in [1.807, 2.05) is 12.1 Å². The number of nitrogens with two attached hydrogens (primary N) is 1. The SMILES string of the molecule is NCCc1cc(F)c(SCc2ccc(Cl)cc2)c(F)c1. The summed E-state index contributed by atoms with van der Waals surface area (Å²) in [6.07, 6.45) is 0.468. The summed E-state index contributed by atoms with van der Waals surface area (Å²) in [5, 5.41) is 0.641. The van der Waals surface area contributed by atoms with Gasteiger partial charge >= 0.3 is 0 Å². The van der Waals surface area contributed by atoms with Crippen molar-refractivity contribution in [2.24, 2.45) is 5.73 Å². The minimum Gasteiger partial charge on any atom is -0.330 e. The van der Waals surface area contributed by atoms with Crippen molar-refractivity contribution in [3.8, 4) is 0 Å². The second-order valence-corrected chi connectivity index (χ2v) is 5.76. The number of rotatable bonds is 5. The maximum Gasteiger partial charge on any atom is 0.140 e. The molecule has 0 aromatic heterocycles. The van der Waals surface area contributed by atoms with Crippen LogP contribution in [0.2, 0.25) is 5.02 Å². The average Bonchev–Trinajstić information content (AvgIpc) is 2.40.